The van der Waals surface area contributed by atoms with Crippen molar-refractivity contribution < 1.29 is 8.42 Å². The number of primary sulfonamides is 1. The van der Waals surface area contributed by atoms with Crippen molar-refractivity contribution in [2.24, 2.45) is 10.1 Å². The van der Waals surface area contributed by atoms with Gasteiger partial charge in [0.05, 0.1) is 11.4 Å². The van der Waals surface area contributed by atoms with Gasteiger partial charge in [0.1, 0.15) is 0 Å². The number of hydrogen-bond donors (Lipinski definition) is 3. The van der Waals surface area contributed by atoms with Crippen molar-refractivity contribution in [3.05, 3.63) is 64.7 Å². The molecule has 2 rings (SSSR count). The summed E-state index contributed by atoms with van der Waals surface area (Å²) in [5, 5.41) is 11.7. The van der Waals surface area contributed by atoms with Crippen molar-refractivity contribution in [1.29, 1.82) is 0 Å². The number of nitrogens with one attached hydrogen (secondary N) is 2. The molecule has 0 radical (unpaired) electrons. The van der Waals surface area contributed by atoms with Gasteiger partial charge >= 0.3 is 0 Å². The highest BCUT2D eigenvalue weighted by Crippen LogP contribution is 2.11. The molecule has 0 saturated heterocycles. The summed E-state index contributed by atoms with van der Waals surface area (Å²) in [5.74, 6) is 0.697. The molecule has 7 heteroatoms. The van der Waals surface area contributed by atoms with Crippen LogP contribution in [0.4, 0.5) is 0 Å². The highest BCUT2D eigenvalue weighted by Gasteiger charge is 2.07. The van der Waals surface area contributed by atoms with Gasteiger partial charge in [0.2, 0.25) is 10.0 Å². The predicted molar refractivity (Wildman–Crippen MR) is 110 cm³/mol. The van der Waals surface area contributed by atoms with E-state index in [-0.39, 0.29) is 4.90 Å². The van der Waals surface area contributed by atoms with Gasteiger partial charge in [-0.3, -0.25) is 0 Å². The third-order valence-electron chi connectivity index (χ3n) is 3.98. The topological polar surface area (TPSA) is 96.6 Å². The fourth-order valence-electron chi connectivity index (χ4n) is 2.87. The third-order valence-corrected chi connectivity index (χ3v) is 4.89. The molecule has 0 fully saturated rings. The molecule has 0 heterocycles. The molecule has 2 aromatic rings. The van der Waals surface area contributed by atoms with Crippen LogP contribution in [0.1, 0.15) is 29.2 Å². The van der Waals surface area contributed by atoms with Gasteiger partial charge in [0, 0.05) is 13.1 Å². The SMILES string of the molecule is CCNC(=NCc1cccc(S(N)(=O)=O)c1)NCCc1cc(C)cc(C)c1. The molecule has 0 aromatic heterocycles. The van der Waals surface area contributed by atoms with Crippen molar-refractivity contribution >= 4 is 16.0 Å². The lowest BCUT2D eigenvalue weighted by Crippen LogP contribution is -2.38. The molecule has 146 valence electrons. The van der Waals surface area contributed by atoms with E-state index in [1.165, 1.54) is 22.8 Å². The summed E-state index contributed by atoms with van der Waals surface area (Å²) < 4.78 is 22.9. The third kappa shape index (κ3) is 7.03. The molecule has 0 aliphatic carbocycles. The van der Waals surface area contributed by atoms with Gasteiger partial charge in [-0.2, -0.15) is 0 Å². The smallest absolute Gasteiger partial charge is 0.238 e. The first-order chi connectivity index (χ1) is 12.8. The Morgan fingerprint density at radius 1 is 1.04 bits per heavy atom. The van der Waals surface area contributed by atoms with E-state index < -0.39 is 10.0 Å². The molecule has 0 aliphatic rings. The second-order valence-electron chi connectivity index (χ2n) is 6.56. The molecular weight excluding hydrogens is 360 g/mol. The summed E-state index contributed by atoms with van der Waals surface area (Å²) >= 11 is 0. The van der Waals surface area contributed by atoms with E-state index in [0.29, 0.717) is 12.5 Å². The zero-order valence-corrected chi connectivity index (χ0v) is 16.9. The summed E-state index contributed by atoms with van der Waals surface area (Å²) in [6, 6.07) is 13.1. The maximum absolute atomic E-state index is 11.5. The quantitative estimate of drug-likeness (QED) is 0.501. The number of aliphatic imine (C=N–C) groups is 1. The minimum atomic E-state index is -3.71. The van der Waals surface area contributed by atoms with Gasteiger partial charge in [0.25, 0.3) is 0 Å². The summed E-state index contributed by atoms with van der Waals surface area (Å²) in [6.07, 6.45) is 0.897. The number of hydrogen-bond acceptors (Lipinski definition) is 3. The Hall–Kier alpha value is -2.38. The van der Waals surface area contributed by atoms with E-state index in [9.17, 15) is 8.42 Å². The van der Waals surface area contributed by atoms with Crippen molar-refractivity contribution in [2.45, 2.75) is 38.6 Å². The number of sulfonamides is 1. The number of benzene rings is 2. The van der Waals surface area contributed by atoms with Crippen LogP contribution in [0.5, 0.6) is 0 Å². The summed E-state index contributed by atoms with van der Waals surface area (Å²) in [6.45, 7) is 8.07. The molecule has 0 bridgehead atoms. The maximum atomic E-state index is 11.5. The van der Waals surface area contributed by atoms with Crippen LogP contribution in [0, 0.1) is 13.8 Å². The van der Waals surface area contributed by atoms with Gasteiger partial charge in [-0.1, -0.05) is 41.5 Å². The van der Waals surface area contributed by atoms with Gasteiger partial charge in [-0.15, -0.1) is 0 Å². The summed E-state index contributed by atoms with van der Waals surface area (Å²) in [4.78, 5) is 4.63. The first kappa shape index (κ1) is 20.9. The first-order valence-electron chi connectivity index (χ1n) is 8.99. The van der Waals surface area contributed by atoms with Crippen LogP contribution < -0.4 is 15.8 Å². The van der Waals surface area contributed by atoms with Crippen LogP contribution >= 0.6 is 0 Å². The van der Waals surface area contributed by atoms with Crippen LogP contribution in [-0.4, -0.2) is 27.5 Å². The minimum absolute atomic E-state index is 0.1000. The van der Waals surface area contributed by atoms with E-state index in [0.717, 1.165) is 25.1 Å². The Balaban J connectivity index is 1.99. The number of aryl methyl sites for hydroxylation is 2. The Morgan fingerprint density at radius 3 is 2.37 bits per heavy atom. The fraction of sp³-hybridized carbons (Fsp3) is 0.350. The average Bonchev–Trinajstić information content (AvgIpc) is 2.58. The first-order valence-corrected chi connectivity index (χ1v) is 10.5. The molecule has 4 N–H and O–H groups in total. The fourth-order valence-corrected chi connectivity index (χ4v) is 3.46. The molecular formula is C20H28N4O2S. The van der Waals surface area contributed by atoms with Crippen LogP contribution in [0.3, 0.4) is 0 Å². The Morgan fingerprint density at radius 2 is 1.74 bits per heavy atom. The van der Waals surface area contributed by atoms with E-state index in [2.05, 4.69) is 47.7 Å². The van der Waals surface area contributed by atoms with Gasteiger partial charge < -0.3 is 10.6 Å². The van der Waals surface area contributed by atoms with E-state index in [4.69, 9.17) is 5.14 Å². The molecule has 0 atom stereocenters. The Labute approximate surface area is 162 Å². The molecule has 0 saturated carbocycles. The zero-order valence-electron chi connectivity index (χ0n) is 16.1. The maximum Gasteiger partial charge on any atom is 0.238 e. The van der Waals surface area contributed by atoms with Crippen molar-refractivity contribution in [1.82, 2.24) is 10.6 Å². The summed E-state index contributed by atoms with van der Waals surface area (Å²) in [7, 11) is -3.71. The van der Waals surface area contributed by atoms with Gasteiger partial charge in [-0.25, -0.2) is 18.5 Å². The molecule has 2 aromatic carbocycles. The van der Waals surface area contributed by atoms with Crippen molar-refractivity contribution in [3.8, 4) is 0 Å². The largest absolute Gasteiger partial charge is 0.357 e. The predicted octanol–water partition coefficient (Wildman–Crippen LogP) is 2.25. The van der Waals surface area contributed by atoms with E-state index in [1.807, 2.05) is 13.0 Å². The molecule has 27 heavy (non-hydrogen) atoms. The van der Waals surface area contributed by atoms with Crippen LogP contribution in [0.2, 0.25) is 0 Å². The lowest BCUT2D eigenvalue weighted by molar-refractivity contribution is 0.597. The van der Waals surface area contributed by atoms with E-state index >= 15 is 0 Å². The standard InChI is InChI=1S/C20H28N4O2S/c1-4-22-20(23-9-8-17-11-15(2)10-16(3)12-17)24-14-18-6-5-7-19(13-18)27(21,25)26/h5-7,10-13H,4,8-9,14H2,1-3H3,(H2,21,25,26)(H2,22,23,24). The second-order valence-corrected chi connectivity index (χ2v) is 8.12. The van der Waals surface area contributed by atoms with E-state index in [1.54, 1.807) is 12.1 Å². The van der Waals surface area contributed by atoms with Crippen molar-refractivity contribution in [2.75, 3.05) is 13.1 Å². The average molecular weight is 389 g/mol. The second kappa shape index (κ2) is 9.53. The lowest BCUT2D eigenvalue weighted by Gasteiger charge is -2.12. The highest BCUT2D eigenvalue weighted by atomic mass is 32.2. The van der Waals surface area contributed by atoms with Crippen LogP contribution in [-0.2, 0) is 23.0 Å². The van der Waals surface area contributed by atoms with Crippen LogP contribution in [0.15, 0.2) is 52.4 Å². The molecule has 0 spiro atoms. The molecule has 6 nitrogen and oxygen atoms in total. The number of nitrogens with two attached hydrogens (primary N) is 1. The monoisotopic (exact) mass is 388 g/mol. The summed E-state index contributed by atoms with van der Waals surface area (Å²) in [5.41, 5.74) is 4.60. The lowest BCUT2D eigenvalue weighted by atomic mass is 10.1. The molecule has 0 aliphatic heterocycles. The number of nitrogens with zero attached hydrogens (tertiary/aromatic N) is 1. The Kier molecular flexibility index (Phi) is 7.38. The highest BCUT2D eigenvalue weighted by molar-refractivity contribution is 7.89. The zero-order chi connectivity index (χ0) is 19.9. The van der Waals surface area contributed by atoms with Crippen molar-refractivity contribution in [3.63, 3.8) is 0 Å². The normalized spacial score (nSPS) is 12.1. The molecule has 0 amide bonds. The minimum Gasteiger partial charge on any atom is -0.357 e. The Bertz CT molecular complexity index is 888. The van der Waals surface area contributed by atoms with Crippen LogP contribution in [0.25, 0.3) is 0 Å². The molecule has 0 unspecified atom stereocenters. The van der Waals surface area contributed by atoms with Gasteiger partial charge in [0.15, 0.2) is 5.96 Å². The number of guanidine groups is 1. The number of rotatable bonds is 7. The van der Waals surface area contributed by atoms with Gasteiger partial charge in [-0.05, 0) is 50.5 Å².